The molecule has 2 rings (SSSR count). The van der Waals surface area contributed by atoms with E-state index in [0.29, 0.717) is 37.2 Å². The highest BCUT2D eigenvalue weighted by Crippen LogP contribution is 2.23. The van der Waals surface area contributed by atoms with Gasteiger partial charge in [-0.2, -0.15) is 0 Å². The Kier molecular flexibility index (Phi) is 3.75. The van der Waals surface area contributed by atoms with Crippen LogP contribution in [0.25, 0.3) is 0 Å². The summed E-state index contributed by atoms with van der Waals surface area (Å²) in [5.74, 6) is -0.143. The van der Waals surface area contributed by atoms with Gasteiger partial charge < -0.3 is 15.0 Å². The van der Waals surface area contributed by atoms with Gasteiger partial charge in [0.1, 0.15) is 5.69 Å². The first-order valence-corrected chi connectivity index (χ1v) is 6.65. The number of nitrogens with one attached hydrogen (secondary N) is 1. The molecule has 5 heteroatoms. The fraction of sp³-hybridized carbons (Fsp3) is 0.571. The Morgan fingerprint density at radius 1 is 1.47 bits per heavy atom. The lowest BCUT2D eigenvalue weighted by atomic mass is 10.0. The second-order valence-corrected chi connectivity index (χ2v) is 5.08. The summed E-state index contributed by atoms with van der Waals surface area (Å²) in [6.07, 6.45) is 0.820. The molecule has 1 aliphatic rings. The highest BCUT2D eigenvalue weighted by Gasteiger charge is 2.29. The van der Waals surface area contributed by atoms with Gasteiger partial charge in [-0.25, -0.2) is 0 Å². The number of β-amino-alcohol motifs (C(OH)–C–C–N with tert-alkyl or cyclic N) is 1. The average molecular weight is 264 g/mol. The largest absolute Gasteiger partial charge is 0.391 e. The molecule has 0 aromatic carbocycles. The summed E-state index contributed by atoms with van der Waals surface area (Å²) in [4.78, 5) is 28.8. The van der Waals surface area contributed by atoms with Gasteiger partial charge in [0.15, 0.2) is 5.78 Å². The molecule has 1 fully saturated rings. The van der Waals surface area contributed by atoms with Crippen molar-refractivity contribution in [2.45, 2.75) is 39.7 Å². The molecule has 0 saturated carbocycles. The SMILES string of the molecule is CCc1c(C(=O)N2CC[C@@H](O)C2)[nH]c(C)c1C(C)=O. The van der Waals surface area contributed by atoms with Crippen LogP contribution in [-0.4, -0.2) is 45.9 Å². The van der Waals surface area contributed by atoms with Crippen molar-refractivity contribution in [3.63, 3.8) is 0 Å². The Hall–Kier alpha value is -1.62. The number of aliphatic hydroxyl groups is 1. The fourth-order valence-corrected chi connectivity index (χ4v) is 2.77. The Labute approximate surface area is 112 Å². The molecule has 1 aliphatic heterocycles. The monoisotopic (exact) mass is 264 g/mol. The molecule has 1 aromatic heterocycles. The third-order valence-electron chi connectivity index (χ3n) is 3.66. The van der Waals surface area contributed by atoms with Gasteiger partial charge in [0.25, 0.3) is 5.91 Å². The number of carbonyl (C=O) groups is 2. The van der Waals surface area contributed by atoms with Crippen molar-refractivity contribution in [3.8, 4) is 0 Å². The lowest BCUT2D eigenvalue weighted by molar-refractivity contribution is 0.0758. The molecule has 1 saturated heterocycles. The topological polar surface area (TPSA) is 73.4 Å². The lowest BCUT2D eigenvalue weighted by Crippen LogP contribution is -2.30. The van der Waals surface area contributed by atoms with E-state index in [2.05, 4.69) is 4.98 Å². The van der Waals surface area contributed by atoms with Crippen LogP contribution in [0.4, 0.5) is 0 Å². The van der Waals surface area contributed by atoms with E-state index in [1.807, 2.05) is 13.8 Å². The number of rotatable bonds is 3. The number of amides is 1. The number of aromatic nitrogens is 1. The van der Waals surface area contributed by atoms with Crippen LogP contribution in [0, 0.1) is 6.92 Å². The maximum Gasteiger partial charge on any atom is 0.270 e. The maximum atomic E-state index is 12.4. The van der Waals surface area contributed by atoms with Gasteiger partial charge in [-0.05, 0) is 32.3 Å². The van der Waals surface area contributed by atoms with E-state index in [9.17, 15) is 14.7 Å². The molecule has 104 valence electrons. The molecule has 2 heterocycles. The van der Waals surface area contributed by atoms with Crippen molar-refractivity contribution in [1.82, 2.24) is 9.88 Å². The summed E-state index contributed by atoms with van der Waals surface area (Å²) >= 11 is 0. The molecule has 0 bridgehead atoms. The molecule has 5 nitrogen and oxygen atoms in total. The van der Waals surface area contributed by atoms with E-state index in [1.165, 1.54) is 6.92 Å². The minimum atomic E-state index is -0.433. The van der Waals surface area contributed by atoms with Gasteiger partial charge in [0.05, 0.1) is 6.10 Å². The minimum absolute atomic E-state index is 0.0221. The van der Waals surface area contributed by atoms with Crippen molar-refractivity contribution in [2.24, 2.45) is 0 Å². The molecule has 1 amide bonds. The molecule has 19 heavy (non-hydrogen) atoms. The number of ketones is 1. The Balaban J connectivity index is 2.37. The first-order valence-electron chi connectivity index (χ1n) is 6.65. The van der Waals surface area contributed by atoms with E-state index >= 15 is 0 Å². The number of aryl methyl sites for hydroxylation is 1. The maximum absolute atomic E-state index is 12.4. The van der Waals surface area contributed by atoms with Crippen LogP contribution >= 0.6 is 0 Å². The molecule has 1 aromatic rings. The number of carbonyl (C=O) groups excluding carboxylic acids is 2. The van der Waals surface area contributed by atoms with Gasteiger partial charge in [0, 0.05) is 24.3 Å². The highest BCUT2D eigenvalue weighted by atomic mass is 16.3. The quantitative estimate of drug-likeness (QED) is 0.808. The first-order chi connectivity index (χ1) is 8.95. The fourth-order valence-electron chi connectivity index (χ4n) is 2.77. The molecular weight excluding hydrogens is 244 g/mol. The van der Waals surface area contributed by atoms with Crippen molar-refractivity contribution in [1.29, 1.82) is 0 Å². The van der Waals surface area contributed by atoms with E-state index in [1.54, 1.807) is 4.90 Å². The average Bonchev–Trinajstić information content (AvgIpc) is 2.91. The Morgan fingerprint density at radius 3 is 2.63 bits per heavy atom. The van der Waals surface area contributed by atoms with Gasteiger partial charge in [0.2, 0.25) is 0 Å². The van der Waals surface area contributed by atoms with Crippen molar-refractivity contribution in [2.75, 3.05) is 13.1 Å². The third-order valence-corrected chi connectivity index (χ3v) is 3.66. The summed E-state index contributed by atoms with van der Waals surface area (Å²) in [5, 5.41) is 9.51. The summed E-state index contributed by atoms with van der Waals surface area (Å²) in [7, 11) is 0. The molecule has 1 atom stereocenters. The van der Waals surface area contributed by atoms with Gasteiger partial charge in [-0.3, -0.25) is 9.59 Å². The predicted molar refractivity (Wildman–Crippen MR) is 71.4 cm³/mol. The number of aliphatic hydroxyl groups excluding tert-OH is 1. The number of H-pyrrole nitrogens is 1. The summed E-state index contributed by atoms with van der Waals surface area (Å²) in [6.45, 7) is 6.20. The van der Waals surface area contributed by atoms with Crippen LogP contribution in [0.3, 0.4) is 0 Å². The normalized spacial score (nSPS) is 18.9. The zero-order valence-electron chi connectivity index (χ0n) is 11.6. The second kappa shape index (κ2) is 5.17. The number of aromatic amines is 1. The summed E-state index contributed by atoms with van der Waals surface area (Å²) in [5.41, 5.74) is 2.66. The van der Waals surface area contributed by atoms with E-state index in [-0.39, 0.29) is 11.7 Å². The smallest absolute Gasteiger partial charge is 0.270 e. The van der Waals surface area contributed by atoms with E-state index < -0.39 is 6.10 Å². The molecule has 0 radical (unpaired) electrons. The molecular formula is C14H20N2O3. The van der Waals surface area contributed by atoms with Crippen LogP contribution in [0.1, 0.15) is 52.4 Å². The van der Waals surface area contributed by atoms with Gasteiger partial charge in [-0.15, -0.1) is 0 Å². The number of Topliss-reactive ketones (excluding diaryl/α,β-unsaturated/α-hetero) is 1. The van der Waals surface area contributed by atoms with Crippen LogP contribution < -0.4 is 0 Å². The third kappa shape index (κ3) is 2.42. The summed E-state index contributed by atoms with van der Waals surface area (Å²) in [6, 6.07) is 0. The van der Waals surface area contributed by atoms with E-state index in [0.717, 1.165) is 11.3 Å². The molecule has 0 aliphatic carbocycles. The number of hydrogen-bond donors (Lipinski definition) is 2. The van der Waals surface area contributed by atoms with Crippen molar-refractivity contribution < 1.29 is 14.7 Å². The standard InChI is InChI=1S/C14H20N2O3/c1-4-11-12(9(3)17)8(2)15-13(11)14(19)16-6-5-10(18)7-16/h10,15,18H,4-7H2,1-3H3/t10-/m1/s1. The first kappa shape index (κ1) is 13.8. The summed E-state index contributed by atoms with van der Waals surface area (Å²) < 4.78 is 0. The molecule has 2 N–H and O–H groups in total. The van der Waals surface area contributed by atoms with Crippen molar-refractivity contribution >= 4 is 11.7 Å². The van der Waals surface area contributed by atoms with Gasteiger partial charge in [-0.1, -0.05) is 6.92 Å². The van der Waals surface area contributed by atoms with Gasteiger partial charge >= 0.3 is 0 Å². The number of likely N-dealkylation sites (tertiary alicyclic amines) is 1. The highest BCUT2D eigenvalue weighted by molar-refractivity contribution is 6.02. The minimum Gasteiger partial charge on any atom is -0.391 e. The zero-order chi connectivity index (χ0) is 14.2. The Bertz CT molecular complexity index is 519. The molecule has 0 spiro atoms. The van der Waals surface area contributed by atoms with Crippen LogP contribution in [0.15, 0.2) is 0 Å². The van der Waals surface area contributed by atoms with Crippen LogP contribution in [-0.2, 0) is 6.42 Å². The second-order valence-electron chi connectivity index (χ2n) is 5.08. The van der Waals surface area contributed by atoms with Crippen molar-refractivity contribution in [3.05, 3.63) is 22.5 Å². The number of nitrogens with zero attached hydrogens (tertiary/aromatic N) is 1. The molecule has 0 unspecified atom stereocenters. The van der Waals surface area contributed by atoms with E-state index in [4.69, 9.17) is 0 Å². The van der Waals surface area contributed by atoms with Crippen LogP contribution in [0.5, 0.6) is 0 Å². The Morgan fingerprint density at radius 2 is 2.16 bits per heavy atom. The van der Waals surface area contributed by atoms with Crippen LogP contribution in [0.2, 0.25) is 0 Å². The predicted octanol–water partition coefficient (Wildman–Crippen LogP) is 1.29. The lowest BCUT2D eigenvalue weighted by Gasteiger charge is -2.15. The number of hydrogen-bond acceptors (Lipinski definition) is 3. The zero-order valence-corrected chi connectivity index (χ0v) is 11.6.